The molecule has 1 aliphatic rings. The van der Waals surface area contributed by atoms with E-state index in [4.69, 9.17) is 16.6 Å². The highest BCUT2D eigenvalue weighted by Crippen LogP contribution is 2.41. The minimum atomic E-state index is -4.58. The Bertz CT molecular complexity index is 1230. The summed E-state index contributed by atoms with van der Waals surface area (Å²) in [5.74, 6) is -0.0682. The molecule has 4 rings (SSSR count). The quantitative estimate of drug-likeness (QED) is 0.589. The first-order valence-corrected chi connectivity index (χ1v) is 9.93. The molecule has 0 saturated heterocycles. The molecule has 5 nitrogen and oxygen atoms in total. The Balaban J connectivity index is 1.92. The summed E-state index contributed by atoms with van der Waals surface area (Å²) in [7, 11) is 1.55. The molecule has 3 heterocycles. The molecule has 0 amide bonds. The molecule has 1 unspecified atom stereocenters. The molecule has 1 aliphatic heterocycles. The first-order chi connectivity index (χ1) is 15.0. The second-order valence-electron chi connectivity index (χ2n) is 7.52. The lowest BCUT2D eigenvalue weighted by molar-refractivity contribution is -0.141. The lowest BCUT2D eigenvalue weighted by atomic mass is 9.79. The van der Waals surface area contributed by atoms with Gasteiger partial charge in [-0.25, -0.2) is 9.38 Å². The lowest BCUT2D eigenvalue weighted by Gasteiger charge is -2.31. The van der Waals surface area contributed by atoms with E-state index in [1.54, 1.807) is 20.2 Å². The Hall–Kier alpha value is -3.20. The zero-order valence-electron chi connectivity index (χ0n) is 16.9. The maximum atomic E-state index is 13.6. The van der Waals surface area contributed by atoms with Crippen LogP contribution >= 0.6 is 11.6 Å². The van der Waals surface area contributed by atoms with Crippen molar-refractivity contribution in [1.82, 2.24) is 14.9 Å². The van der Waals surface area contributed by atoms with Crippen LogP contribution in [0.2, 0.25) is 5.02 Å². The summed E-state index contributed by atoms with van der Waals surface area (Å²) < 4.78 is 54.1. The highest BCUT2D eigenvalue weighted by atomic mass is 35.5. The maximum absolute atomic E-state index is 13.6. The fourth-order valence-electron chi connectivity index (χ4n) is 3.85. The van der Waals surface area contributed by atoms with Gasteiger partial charge in [0.05, 0.1) is 6.04 Å². The highest BCUT2D eigenvalue weighted by Gasteiger charge is 2.46. The molecular formula is C22H17ClF4N4O. The molecule has 3 aromatic rings. The molecule has 0 aliphatic carbocycles. The molecular weight excluding hydrogens is 448 g/mol. The first kappa shape index (κ1) is 22.0. The Labute approximate surface area is 185 Å². The standard InChI is InChI=1S/C22H17ClF4N4O/c1-12-21(14-3-6-16(24)7-4-14,15-5-8-18(28-10-15)22(25,26)27)30-19(29-12)13-9-17(23)20(32)31(2)11-13/h3-12H,1-2H3,(H,29,30)/t12-,21?/m0/s1. The summed E-state index contributed by atoms with van der Waals surface area (Å²) in [6.07, 6.45) is -1.90. The Morgan fingerprint density at radius 3 is 2.34 bits per heavy atom. The van der Waals surface area contributed by atoms with Crippen molar-refractivity contribution in [2.24, 2.45) is 12.0 Å². The topological polar surface area (TPSA) is 59.3 Å². The highest BCUT2D eigenvalue weighted by molar-refractivity contribution is 6.30. The lowest BCUT2D eigenvalue weighted by Crippen LogP contribution is -2.41. The van der Waals surface area contributed by atoms with Crippen molar-refractivity contribution in [2.45, 2.75) is 24.7 Å². The number of pyridine rings is 2. The van der Waals surface area contributed by atoms with E-state index in [1.807, 2.05) is 0 Å². The minimum absolute atomic E-state index is 0.00219. The monoisotopic (exact) mass is 464 g/mol. The molecule has 166 valence electrons. The summed E-state index contributed by atoms with van der Waals surface area (Å²) in [5.41, 5.74) is -1.12. The SMILES string of the molecule is C[C@@H]1NC(c2cc(Cl)c(=O)n(C)c2)=NC1(c1ccc(F)cc1)c1ccc(C(F)(F)F)nc1. The van der Waals surface area contributed by atoms with E-state index >= 15 is 0 Å². The summed E-state index contributed by atoms with van der Waals surface area (Å²) in [6, 6.07) is 8.82. The van der Waals surface area contributed by atoms with Crippen LogP contribution in [-0.4, -0.2) is 21.4 Å². The fraction of sp³-hybridized carbons (Fsp3) is 0.227. The average molecular weight is 465 g/mol. The number of halogens is 5. The smallest absolute Gasteiger partial charge is 0.364 e. The van der Waals surface area contributed by atoms with Gasteiger partial charge in [0.25, 0.3) is 5.56 Å². The van der Waals surface area contributed by atoms with Crippen molar-refractivity contribution in [1.29, 1.82) is 0 Å². The fourth-order valence-corrected chi connectivity index (χ4v) is 4.10. The number of hydrogen-bond donors (Lipinski definition) is 1. The number of rotatable bonds is 3. The molecule has 0 spiro atoms. The minimum Gasteiger partial charge on any atom is -0.364 e. The van der Waals surface area contributed by atoms with Gasteiger partial charge in [-0.1, -0.05) is 29.8 Å². The third-order valence-corrected chi connectivity index (χ3v) is 5.73. The molecule has 2 atom stereocenters. The zero-order chi connectivity index (χ0) is 23.3. The molecule has 0 bridgehead atoms. The van der Waals surface area contributed by atoms with Crippen molar-refractivity contribution in [3.8, 4) is 0 Å². The van der Waals surface area contributed by atoms with Crippen molar-refractivity contribution < 1.29 is 17.6 Å². The Morgan fingerprint density at radius 1 is 1.12 bits per heavy atom. The number of nitrogens with one attached hydrogen (secondary N) is 1. The number of benzene rings is 1. The van der Waals surface area contributed by atoms with Crippen LogP contribution in [0.3, 0.4) is 0 Å². The molecule has 0 fully saturated rings. The number of amidine groups is 1. The van der Waals surface area contributed by atoms with Crippen LogP contribution in [-0.2, 0) is 18.8 Å². The van der Waals surface area contributed by atoms with Gasteiger partial charge in [0.1, 0.15) is 27.9 Å². The predicted molar refractivity (Wildman–Crippen MR) is 112 cm³/mol. The van der Waals surface area contributed by atoms with E-state index in [0.717, 1.165) is 12.3 Å². The predicted octanol–water partition coefficient (Wildman–Crippen LogP) is 4.27. The maximum Gasteiger partial charge on any atom is 0.433 e. The summed E-state index contributed by atoms with van der Waals surface area (Å²) in [5, 5.41) is 3.22. The van der Waals surface area contributed by atoms with Gasteiger partial charge in [-0.15, -0.1) is 0 Å². The number of alkyl halides is 3. The van der Waals surface area contributed by atoms with Crippen LogP contribution in [0.25, 0.3) is 0 Å². The second-order valence-corrected chi connectivity index (χ2v) is 7.93. The molecule has 2 aromatic heterocycles. The number of aliphatic imine (C=N–C) groups is 1. The molecule has 32 heavy (non-hydrogen) atoms. The zero-order valence-corrected chi connectivity index (χ0v) is 17.7. The van der Waals surface area contributed by atoms with Gasteiger partial charge in [0.15, 0.2) is 0 Å². The normalized spacial score (nSPS) is 20.7. The van der Waals surface area contributed by atoms with Gasteiger partial charge in [-0.05, 0) is 36.8 Å². The van der Waals surface area contributed by atoms with Crippen molar-refractivity contribution in [2.75, 3.05) is 0 Å². The molecule has 0 radical (unpaired) electrons. The average Bonchev–Trinajstić information content (AvgIpc) is 3.10. The largest absolute Gasteiger partial charge is 0.433 e. The van der Waals surface area contributed by atoms with E-state index in [9.17, 15) is 22.4 Å². The van der Waals surface area contributed by atoms with E-state index in [-0.39, 0.29) is 10.6 Å². The van der Waals surface area contributed by atoms with Gasteiger partial charge >= 0.3 is 6.18 Å². The van der Waals surface area contributed by atoms with Crippen molar-refractivity contribution >= 4 is 17.4 Å². The van der Waals surface area contributed by atoms with Gasteiger partial charge < -0.3 is 9.88 Å². The van der Waals surface area contributed by atoms with Crippen molar-refractivity contribution in [3.05, 3.63) is 98.4 Å². The van der Waals surface area contributed by atoms with Gasteiger partial charge in [-0.2, -0.15) is 13.2 Å². The third-order valence-electron chi connectivity index (χ3n) is 5.46. The van der Waals surface area contributed by atoms with E-state index in [2.05, 4.69) is 10.3 Å². The molecule has 0 saturated carbocycles. The van der Waals surface area contributed by atoms with Crippen LogP contribution in [0.15, 0.2) is 64.6 Å². The Morgan fingerprint density at radius 2 is 1.78 bits per heavy atom. The van der Waals surface area contributed by atoms with Gasteiger partial charge in [0, 0.05) is 30.6 Å². The number of nitrogens with zero attached hydrogens (tertiary/aromatic N) is 3. The summed E-state index contributed by atoms with van der Waals surface area (Å²) in [4.78, 5) is 20.4. The van der Waals surface area contributed by atoms with Gasteiger partial charge in [0.2, 0.25) is 0 Å². The molecule has 1 aromatic carbocycles. The number of hydrogen-bond acceptors (Lipinski definition) is 4. The van der Waals surface area contributed by atoms with Crippen molar-refractivity contribution in [3.63, 3.8) is 0 Å². The number of aromatic nitrogens is 2. The first-order valence-electron chi connectivity index (χ1n) is 9.55. The van der Waals surface area contributed by atoms with Crippen LogP contribution in [0, 0.1) is 5.82 Å². The Kier molecular flexibility index (Phi) is 5.32. The van der Waals surface area contributed by atoms with E-state index in [0.29, 0.717) is 22.5 Å². The van der Waals surface area contributed by atoms with Crippen LogP contribution in [0.1, 0.15) is 29.3 Å². The van der Waals surface area contributed by atoms with Crippen LogP contribution < -0.4 is 10.9 Å². The van der Waals surface area contributed by atoms with Crippen LogP contribution in [0.5, 0.6) is 0 Å². The van der Waals surface area contributed by atoms with Gasteiger partial charge in [-0.3, -0.25) is 9.78 Å². The summed E-state index contributed by atoms with van der Waals surface area (Å²) in [6.45, 7) is 1.81. The third kappa shape index (κ3) is 3.66. The molecule has 1 N–H and O–H groups in total. The molecule has 10 heteroatoms. The van der Waals surface area contributed by atoms with E-state index in [1.165, 1.54) is 41.0 Å². The van der Waals surface area contributed by atoms with Crippen LogP contribution in [0.4, 0.5) is 17.6 Å². The number of aryl methyl sites for hydroxylation is 1. The summed E-state index contributed by atoms with van der Waals surface area (Å²) >= 11 is 6.04. The van der Waals surface area contributed by atoms with E-state index < -0.39 is 29.3 Å². The second kappa shape index (κ2) is 7.74.